The standard InChI is InChI=1S/C37H51N7O4Si/c1-9-25-19-29(48-49(7,8)37(3,4)5)11-13-32(25)43-35(38)31-21-40-44-22-26(20-33(44)34(31)41-28-14-16-47-23-28)30-12-10-27(18-24(30)2)42-36(45)39-15-17-46-6/h10-13,18-22,28,41H,9,14-17,23H2,1-8H3,(H2,38,43)(H2,39,42,45)/t28-/m0/s1. The Hall–Kier alpha value is -4.39. The molecule has 0 bridgehead atoms. The molecule has 2 amide bonds. The van der Waals surface area contributed by atoms with Gasteiger partial charge >= 0.3 is 6.03 Å². The summed E-state index contributed by atoms with van der Waals surface area (Å²) in [6, 6.07) is 13.9. The Bertz CT molecular complexity index is 1820. The van der Waals surface area contributed by atoms with Gasteiger partial charge in [-0.1, -0.05) is 33.8 Å². The fourth-order valence-electron chi connectivity index (χ4n) is 5.56. The summed E-state index contributed by atoms with van der Waals surface area (Å²) < 4.78 is 19.1. The number of carbonyl (C=O) groups excluding carboxylic acids is 1. The van der Waals surface area contributed by atoms with Crippen molar-refractivity contribution in [2.75, 3.05) is 44.1 Å². The third-order valence-corrected chi connectivity index (χ3v) is 13.8. The van der Waals surface area contributed by atoms with E-state index in [2.05, 4.69) is 68.9 Å². The number of nitrogens with one attached hydrogen (secondary N) is 3. The summed E-state index contributed by atoms with van der Waals surface area (Å²) in [5.41, 5.74) is 14.9. The second-order valence-corrected chi connectivity index (χ2v) is 18.8. The van der Waals surface area contributed by atoms with Gasteiger partial charge in [0.05, 0.1) is 47.9 Å². The number of ether oxygens (including phenoxy) is 2. The Labute approximate surface area is 290 Å². The van der Waals surface area contributed by atoms with Crippen molar-refractivity contribution in [3.05, 3.63) is 71.5 Å². The number of nitrogens with zero attached hydrogens (tertiary/aromatic N) is 3. The van der Waals surface area contributed by atoms with Gasteiger partial charge in [-0.05, 0) is 91.0 Å². The molecule has 3 heterocycles. The lowest BCUT2D eigenvalue weighted by Gasteiger charge is -2.36. The normalized spacial score (nSPS) is 15.4. The van der Waals surface area contributed by atoms with E-state index in [0.29, 0.717) is 37.9 Å². The molecule has 12 heteroatoms. The number of fused-ring (bicyclic) bond motifs is 1. The minimum atomic E-state index is -1.99. The monoisotopic (exact) mass is 685 g/mol. The van der Waals surface area contributed by atoms with Crippen LogP contribution in [0.4, 0.5) is 21.9 Å². The first kappa shape index (κ1) is 35.9. The molecular formula is C37H51N7O4Si. The zero-order valence-corrected chi connectivity index (χ0v) is 31.1. The van der Waals surface area contributed by atoms with Crippen LogP contribution in [0.1, 0.15) is 50.8 Å². The number of urea groups is 1. The van der Waals surface area contributed by atoms with Crippen LogP contribution in [0.3, 0.4) is 0 Å². The molecule has 2 aromatic carbocycles. The highest BCUT2D eigenvalue weighted by atomic mass is 28.4. The van der Waals surface area contributed by atoms with Crippen LogP contribution < -0.4 is 26.1 Å². The maximum Gasteiger partial charge on any atom is 0.319 e. The van der Waals surface area contributed by atoms with Crippen LogP contribution in [0.25, 0.3) is 16.6 Å². The van der Waals surface area contributed by atoms with Gasteiger partial charge in [0.2, 0.25) is 8.32 Å². The molecule has 0 spiro atoms. The van der Waals surface area contributed by atoms with Crippen LogP contribution in [0.5, 0.6) is 5.75 Å². The second kappa shape index (κ2) is 15.0. The molecule has 0 aliphatic carbocycles. The molecule has 2 aromatic heterocycles. The van der Waals surface area contributed by atoms with Gasteiger partial charge < -0.3 is 35.6 Å². The van der Waals surface area contributed by atoms with Crippen molar-refractivity contribution < 1.29 is 18.7 Å². The summed E-state index contributed by atoms with van der Waals surface area (Å²) in [6.07, 6.45) is 5.46. The summed E-state index contributed by atoms with van der Waals surface area (Å²) in [5.74, 6) is 1.25. The highest BCUT2D eigenvalue weighted by molar-refractivity contribution is 6.74. The molecular weight excluding hydrogens is 635 g/mol. The highest BCUT2D eigenvalue weighted by Crippen LogP contribution is 2.39. The average molecular weight is 686 g/mol. The van der Waals surface area contributed by atoms with Crippen molar-refractivity contribution in [2.45, 2.75) is 71.6 Å². The molecule has 1 aliphatic heterocycles. The number of aromatic nitrogens is 2. The number of hydrogen-bond acceptors (Lipinski definition) is 7. The molecule has 1 aliphatic rings. The molecule has 5 N–H and O–H groups in total. The van der Waals surface area contributed by atoms with E-state index in [9.17, 15) is 4.79 Å². The van der Waals surface area contributed by atoms with Crippen molar-refractivity contribution in [1.29, 1.82) is 0 Å². The van der Waals surface area contributed by atoms with Crippen LogP contribution in [-0.2, 0) is 15.9 Å². The predicted molar refractivity (Wildman–Crippen MR) is 201 cm³/mol. The first-order valence-electron chi connectivity index (χ1n) is 17.0. The Morgan fingerprint density at radius 1 is 1.18 bits per heavy atom. The molecule has 5 rings (SSSR count). The number of carbonyl (C=O) groups is 1. The second-order valence-electron chi connectivity index (χ2n) is 14.1. The molecule has 262 valence electrons. The van der Waals surface area contributed by atoms with E-state index in [1.807, 2.05) is 48.0 Å². The summed E-state index contributed by atoms with van der Waals surface area (Å²) in [4.78, 5) is 17.2. The first-order chi connectivity index (χ1) is 23.3. The average Bonchev–Trinajstić information content (AvgIpc) is 3.72. The van der Waals surface area contributed by atoms with Crippen LogP contribution in [-0.4, -0.2) is 69.3 Å². The summed E-state index contributed by atoms with van der Waals surface area (Å²) in [5, 5.41) is 14.2. The fraction of sp³-hybridized carbons (Fsp3) is 0.432. The van der Waals surface area contributed by atoms with E-state index in [0.717, 1.165) is 63.3 Å². The molecule has 49 heavy (non-hydrogen) atoms. The third kappa shape index (κ3) is 8.43. The number of nitrogens with two attached hydrogens (primary N) is 1. The van der Waals surface area contributed by atoms with E-state index in [4.69, 9.17) is 29.7 Å². The molecule has 4 aromatic rings. The molecule has 0 saturated carbocycles. The predicted octanol–water partition coefficient (Wildman–Crippen LogP) is 7.26. The molecule has 0 unspecified atom stereocenters. The number of rotatable bonds is 12. The first-order valence-corrected chi connectivity index (χ1v) is 19.9. The maximum absolute atomic E-state index is 12.3. The van der Waals surface area contributed by atoms with E-state index < -0.39 is 8.32 Å². The number of aryl methyl sites for hydroxylation is 2. The molecule has 11 nitrogen and oxygen atoms in total. The number of amides is 2. The van der Waals surface area contributed by atoms with Gasteiger partial charge in [0.15, 0.2) is 0 Å². The van der Waals surface area contributed by atoms with Crippen molar-refractivity contribution in [3.8, 4) is 16.9 Å². The SMILES string of the molecule is CCc1cc(O[Si](C)(C)C(C)(C)C)ccc1N=C(N)c1cnn2cc(-c3ccc(NC(=O)NCCOC)cc3C)cc2c1N[C@H]1CCOC1. The number of anilines is 2. The van der Waals surface area contributed by atoms with Crippen LogP contribution in [0, 0.1) is 6.92 Å². The van der Waals surface area contributed by atoms with E-state index in [1.165, 1.54) is 0 Å². The minimum Gasteiger partial charge on any atom is -0.543 e. The van der Waals surface area contributed by atoms with Gasteiger partial charge in [0.25, 0.3) is 0 Å². The maximum atomic E-state index is 12.3. The topological polar surface area (TPSA) is 137 Å². The van der Waals surface area contributed by atoms with Crippen molar-refractivity contribution in [1.82, 2.24) is 14.9 Å². The summed E-state index contributed by atoms with van der Waals surface area (Å²) in [7, 11) is -0.390. The van der Waals surface area contributed by atoms with Gasteiger partial charge in [-0.25, -0.2) is 14.3 Å². The van der Waals surface area contributed by atoms with Gasteiger partial charge in [-0.2, -0.15) is 5.10 Å². The smallest absolute Gasteiger partial charge is 0.319 e. The Morgan fingerprint density at radius 3 is 2.65 bits per heavy atom. The molecule has 0 radical (unpaired) electrons. The van der Waals surface area contributed by atoms with Gasteiger partial charge in [0, 0.05) is 37.7 Å². The Kier molecular flexibility index (Phi) is 11.0. The Morgan fingerprint density at radius 2 is 1.98 bits per heavy atom. The highest BCUT2D eigenvalue weighted by Gasteiger charge is 2.39. The van der Waals surface area contributed by atoms with E-state index in [-0.39, 0.29) is 17.1 Å². The molecule has 1 fully saturated rings. The number of methoxy groups -OCH3 is 1. The van der Waals surface area contributed by atoms with Gasteiger partial charge in [-0.3, -0.25) is 0 Å². The van der Waals surface area contributed by atoms with Crippen molar-refractivity contribution in [3.63, 3.8) is 0 Å². The third-order valence-electron chi connectivity index (χ3n) is 9.43. The number of aliphatic imine (C=N–C) groups is 1. The Balaban J connectivity index is 1.48. The van der Waals surface area contributed by atoms with Gasteiger partial charge in [-0.15, -0.1) is 0 Å². The van der Waals surface area contributed by atoms with Crippen molar-refractivity contribution in [2.24, 2.45) is 10.7 Å². The van der Waals surface area contributed by atoms with Crippen LogP contribution >= 0.6 is 0 Å². The number of amidine groups is 1. The zero-order chi connectivity index (χ0) is 35.3. The van der Waals surface area contributed by atoms with Crippen LogP contribution in [0.2, 0.25) is 18.1 Å². The quantitative estimate of drug-likeness (QED) is 0.0533. The van der Waals surface area contributed by atoms with E-state index >= 15 is 0 Å². The largest absolute Gasteiger partial charge is 0.543 e. The lowest BCUT2D eigenvalue weighted by Crippen LogP contribution is -2.43. The lowest BCUT2D eigenvalue weighted by atomic mass is 10.0. The number of hydrogen-bond donors (Lipinski definition) is 4. The minimum absolute atomic E-state index is 0.0975. The molecule has 1 saturated heterocycles. The number of benzene rings is 2. The van der Waals surface area contributed by atoms with E-state index in [1.54, 1.807) is 13.3 Å². The zero-order valence-electron chi connectivity index (χ0n) is 30.1. The summed E-state index contributed by atoms with van der Waals surface area (Å²) >= 11 is 0. The fourth-order valence-corrected chi connectivity index (χ4v) is 6.59. The van der Waals surface area contributed by atoms with Crippen LogP contribution in [0.15, 0.2) is 59.9 Å². The van der Waals surface area contributed by atoms with Crippen molar-refractivity contribution >= 4 is 42.8 Å². The summed E-state index contributed by atoms with van der Waals surface area (Å²) in [6.45, 7) is 17.6. The lowest BCUT2D eigenvalue weighted by molar-refractivity contribution is 0.195. The molecule has 1 atom stereocenters. The van der Waals surface area contributed by atoms with Gasteiger partial charge in [0.1, 0.15) is 11.6 Å².